The second-order valence-electron chi connectivity index (χ2n) is 8.07. The summed E-state index contributed by atoms with van der Waals surface area (Å²) in [4.78, 5) is 14.7. The minimum Gasteiger partial charge on any atom is -0.356 e. The van der Waals surface area contributed by atoms with E-state index in [1.165, 1.54) is 5.69 Å². The Hall–Kier alpha value is -2.63. The number of amides is 1. The second kappa shape index (κ2) is 5.97. The average Bonchev–Trinajstić information content (AvgIpc) is 3.18. The molecule has 0 atom stereocenters. The molecule has 1 amide bonds. The van der Waals surface area contributed by atoms with E-state index >= 15 is 0 Å². The summed E-state index contributed by atoms with van der Waals surface area (Å²) in [6.07, 6.45) is 2.99. The highest BCUT2D eigenvalue weighted by Crippen LogP contribution is 2.25. The van der Waals surface area contributed by atoms with Crippen molar-refractivity contribution in [3.05, 3.63) is 46.9 Å². The normalized spacial score (nSPS) is 14.7. The van der Waals surface area contributed by atoms with Crippen LogP contribution in [0.2, 0.25) is 0 Å². The lowest BCUT2D eigenvalue weighted by Crippen LogP contribution is -2.38. The lowest BCUT2D eigenvalue weighted by Gasteiger charge is -2.30. The quantitative estimate of drug-likeness (QED) is 0.710. The first kappa shape index (κ1) is 16.8. The lowest BCUT2D eigenvalue weighted by atomic mass is 10.0. The van der Waals surface area contributed by atoms with Crippen molar-refractivity contribution in [3.63, 3.8) is 0 Å². The number of carbonyl (C=O) groups excluding carboxylic acids is 1. The number of carbonyl (C=O) groups is 1. The fourth-order valence-corrected chi connectivity index (χ4v) is 3.61. The third-order valence-corrected chi connectivity index (χ3v) is 4.94. The average molecular weight is 352 g/mol. The van der Waals surface area contributed by atoms with E-state index in [2.05, 4.69) is 35.7 Å². The van der Waals surface area contributed by atoms with Crippen molar-refractivity contribution < 1.29 is 9.32 Å². The van der Waals surface area contributed by atoms with Gasteiger partial charge in [0.05, 0.1) is 18.2 Å². The summed E-state index contributed by atoms with van der Waals surface area (Å²) in [5.74, 6) is 0.0795. The number of hydrogen-bond acceptors (Lipinski definition) is 4. The smallest absolute Gasteiger partial charge is 0.229 e. The van der Waals surface area contributed by atoms with Crippen molar-refractivity contribution in [2.45, 2.75) is 52.6 Å². The van der Waals surface area contributed by atoms with Gasteiger partial charge in [-0.05, 0) is 39.8 Å². The molecule has 0 N–H and O–H groups in total. The van der Waals surface area contributed by atoms with Gasteiger partial charge in [-0.15, -0.1) is 0 Å². The Kier molecular flexibility index (Phi) is 3.86. The van der Waals surface area contributed by atoms with Crippen molar-refractivity contribution in [1.82, 2.24) is 19.8 Å². The minimum absolute atomic E-state index is 0.0444. The van der Waals surface area contributed by atoms with Gasteiger partial charge in [0.2, 0.25) is 5.91 Å². The van der Waals surface area contributed by atoms with E-state index in [1.54, 1.807) is 0 Å². The van der Waals surface area contributed by atoms with E-state index in [-0.39, 0.29) is 17.9 Å². The summed E-state index contributed by atoms with van der Waals surface area (Å²) in [7, 11) is 0. The van der Waals surface area contributed by atoms with Crippen LogP contribution in [0.3, 0.4) is 0 Å². The van der Waals surface area contributed by atoms with E-state index in [4.69, 9.17) is 4.52 Å². The Balaban J connectivity index is 1.53. The Morgan fingerprint density at radius 2 is 2.12 bits per heavy atom. The largest absolute Gasteiger partial charge is 0.356 e. The van der Waals surface area contributed by atoms with Gasteiger partial charge >= 0.3 is 0 Å². The summed E-state index contributed by atoms with van der Waals surface area (Å²) in [6.45, 7) is 9.79. The molecule has 4 rings (SSSR count). The van der Waals surface area contributed by atoms with Gasteiger partial charge < -0.3 is 9.42 Å². The molecule has 3 aromatic rings. The minimum atomic E-state index is -0.0444. The zero-order chi connectivity index (χ0) is 18.5. The summed E-state index contributed by atoms with van der Waals surface area (Å²) < 4.78 is 7.44. The van der Waals surface area contributed by atoms with Gasteiger partial charge in [0.1, 0.15) is 5.69 Å². The molecular formula is C20H24N4O2. The second-order valence-corrected chi connectivity index (χ2v) is 8.07. The Morgan fingerprint density at radius 1 is 1.31 bits per heavy atom. The highest BCUT2D eigenvalue weighted by Gasteiger charge is 2.28. The van der Waals surface area contributed by atoms with Crippen LogP contribution < -0.4 is 0 Å². The van der Waals surface area contributed by atoms with E-state index in [0.717, 1.165) is 28.5 Å². The van der Waals surface area contributed by atoms with Crippen LogP contribution in [-0.4, -0.2) is 32.3 Å². The molecule has 0 saturated heterocycles. The first-order chi connectivity index (χ1) is 12.3. The van der Waals surface area contributed by atoms with Crippen molar-refractivity contribution >= 4 is 16.9 Å². The van der Waals surface area contributed by atoms with Gasteiger partial charge in [0.25, 0.3) is 0 Å². The van der Waals surface area contributed by atoms with Crippen LogP contribution in [-0.2, 0) is 29.7 Å². The monoisotopic (exact) mass is 352 g/mol. The van der Waals surface area contributed by atoms with Crippen molar-refractivity contribution in [2.24, 2.45) is 0 Å². The van der Waals surface area contributed by atoms with Crippen LogP contribution >= 0.6 is 0 Å². The van der Waals surface area contributed by atoms with Crippen molar-refractivity contribution in [3.8, 4) is 0 Å². The molecule has 1 aromatic carbocycles. The standard InChI is InChI=1S/C20H24N4O2/c1-13-5-6-18-15(9-13)16(22-26-18)10-19(25)23-8-7-17-14(12-23)11-21-24(17)20(2,3)4/h5-6,9,11H,7-8,10,12H2,1-4H3. The summed E-state index contributed by atoms with van der Waals surface area (Å²) in [5, 5.41) is 9.58. The molecule has 0 unspecified atom stereocenters. The molecule has 6 heteroatoms. The molecule has 26 heavy (non-hydrogen) atoms. The maximum atomic E-state index is 12.8. The molecule has 1 aliphatic heterocycles. The fourth-order valence-electron chi connectivity index (χ4n) is 3.61. The van der Waals surface area contributed by atoms with Gasteiger partial charge in [0, 0.05) is 36.2 Å². The van der Waals surface area contributed by atoms with E-state index in [9.17, 15) is 4.79 Å². The lowest BCUT2D eigenvalue weighted by molar-refractivity contribution is -0.131. The van der Waals surface area contributed by atoms with Crippen LogP contribution in [0, 0.1) is 6.92 Å². The third-order valence-electron chi connectivity index (χ3n) is 4.94. The molecule has 0 radical (unpaired) electrons. The van der Waals surface area contributed by atoms with Crippen LogP contribution in [0.25, 0.3) is 11.0 Å². The maximum absolute atomic E-state index is 12.8. The van der Waals surface area contributed by atoms with Crippen LogP contribution in [0.4, 0.5) is 0 Å². The summed E-state index contributed by atoms with van der Waals surface area (Å²) in [6, 6.07) is 5.91. The SMILES string of the molecule is Cc1ccc2onc(CC(=O)N3CCc4c(cnn4C(C)(C)C)C3)c2c1. The molecule has 0 aliphatic carbocycles. The zero-order valence-corrected chi connectivity index (χ0v) is 15.7. The molecule has 0 bridgehead atoms. The maximum Gasteiger partial charge on any atom is 0.229 e. The van der Waals surface area contributed by atoms with Gasteiger partial charge in [-0.3, -0.25) is 9.48 Å². The molecule has 3 heterocycles. The van der Waals surface area contributed by atoms with Crippen LogP contribution in [0.5, 0.6) is 0 Å². The summed E-state index contributed by atoms with van der Waals surface area (Å²) >= 11 is 0. The highest BCUT2D eigenvalue weighted by atomic mass is 16.5. The molecule has 0 fully saturated rings. The number of benzene rings is 1. The first-order valence-electron chi connectivity index (χ1n) is 9.02. The number of aromatic nitrogens is 3. The van der Waals surface area contributed by atoms with E-state index < -0.39 is 0 Å². The number of fused-ring (bicyclic) bond motifs is 2. The number of aryl methyl sites for hydroxylation is 1. The van der Waals surface area contributed by atoms with Gasteiger partial charge in [-0.1, -0.05) is 16.8 Å². The third kappa shape index (κ3) is 2.89. The topological polar surface area (TPSA) is 64.2 Å². The fraction of sp³-hybridized carbons (Fsp3) is 0.450. The predicted molar refractivity (Wildman–Crippen MR) is 98.8 cm³/mol. The molecule has 2 aromatic heterocycles. The first-order valence-corrected chi connectivity index (χ1v) is 9.02. The Morgan fingerprint density at radius 3 is 2.88 bits per heavy atom. The van der Waals surface area contributed by atoms with Gasteiger partial charge in [-0.25, -0.2) is 0 Å². The van der Waals surface area contributed by atoms with E-state index in [0.29, 0.717) is 18.8 Å². The predicted octanol–water partition coefficient (Wildman–Crippen LogP) is 3.22. The molecule has 136 valence electrons. The number of nitrogens with zero attached hydrogens (tertiary/aromatic N) is 4. The Bertz CT molecular complexity index is 978. The van der Waals surface area contributed by atoms with Crippen molar-refractivity contribution in [1.29, 1.82) is 0 Å². The molecular weight excluding hydrogens is 328 g/mol. The van der Waals surface area contributed by atoms with Gasteiger partial charge in [0.15, 0.2) is 5.58 Å². The number of rotatable bonds is 2. The van der Waals surface area contributed by atoms with Gasteiger partial charge in [-0.2, -0.15) is 5.10 Å². The summed E-state index contributed by atoms with van der Waals surface area (Å²) in [5.41, 5.74) is 4.91. The van der Waals surface area contributed by atoms with Crippen LogP contribution in [0.15, 0.2) is 28.9 Å². The molecule has 6 nitrogen and oxygen atoms in total. The van der Waals surface area contributed by atoms with E-state index in [1.807, 2.05) is 36.2 Å². The van der Waals surface area contributed by atoms with Crippen molar-refractivity contribution in [2.75, 3.05) is 6.54 Å². The molecule has 1 aliphatic rings. The highest BCUT2D eigenvalue weighted by molar-refractivity contribution is 5.86. The molecule has 0 saturated carbocycles. The molecule has 0 spiro atoms. The Labute approximate surface area is 152 Å². The zero-order valence-electron chi connectivity index (χ0n) is 15.7. The number of hydrogen-bond donors (Lipinski definition) is 0. The van der Waals surface area contributed by atoms with Crippen LogP contribution in [0.1, 0.15) is 43.3 Å².